The number of hydrogen-bond acceptors (Lipinski definition) is 17. The highest BCUT2D eigenvalue weighted by molar-refractivity contribution is 8.54. The molecule has 60 heavy (non-hydrogen) atoms. The molecule has 2 bridgehead atoms. The Hall–Kier alpha value is -4.67. The lowest BCUT2D eigenvalue weighted by molar-refractivity contribution is -0.0640. The number of nitrogens with two attached hydrogens (primary N) is 1. The van der Waals surface area contributed by atoms with Crippen molar-refractivity contribution in [2.45, 2.75) is 68.8 Å². The molecule has 6 heterocycles. The number of imidazole rings is 1. The minimum absolute atomic E-state index is 0.0213. The van der Waals surface area contributed by atoms with E-state index in [9.17, 15) is 28.4 Å². The number of aryl methyl sites for hydroxylation is 2. The van der Waals surface area contributed by atoms with Crippen LogP contribution in [0.25, 0.3) is 11.2 Å². The van der Waals surface area contributed by atoms with Crippen LogP contribution in [0.2, 0.25) is 0 Å². The van der Waals surface area contributed by atoms with E-state index in [1.165, 1.54) is 23.0 Å². The van der Waals surface area contributed by atoms with Gasteiger partial charge >= 0.3 is 26.3 Å². The van der Waals surface area contributed by atoms with E-state index in [-0.39, 0.29) is 28.5 Å². The average molecular weight is 894 g/mol. The number of aromatic nitrogens is 6. The molecule has 8 rings (SSSR count). The molecular formula is C35H35F2N7O13P2S. The number of nitrogens with one attached hydrogen (secondary N) is 1. The van der Waals surface area contributed by atoms with Crippen LogP contribution >= 0.6 is 26.0 Å². The summed E-state index contributed by atoms with van der Waals surface area (Å²) in [6.45, 7) is -2.77. The van der Waals surface area contributed by atoms with Crippen LogP contribution in [0.5, 0.6) is 5.75 Å². The van der Waals surface area contributed by atoms with Crippen LogP contribution in [-0.4, -0.2) is 89.9 Å². The van der Waals surface area contributed by atoms with E-state index in [1.807, 2.05) is 18.0 Å². The molecule has 1 unspecified atom stereocenters. The molecular weight excluding hydrogens is 858 g/mol. The van der Waals surface area contributed by atoms with E-state index < -0.39 is 94.3 Å². The molecule has 25 heteroatoms. The monoisotopic (exact) mass is 893 g/mol. The van der Waals surface area contributed by atoms with E-state index >= 15 is 8.78 Å². The summed E-state index contributed by atoms with van der Waals surface area (Å²) in [6, 6.07) is 12.4. The summed E-state index contributed by atoms with van der Waals surface area (Å²) < 4.78 is 102. The molecule has 3 fully saturated rings. The minimum Gasteiger partial charge on any atom is -0.423 e. The van der Waals surface area contributed by atoms with Crippen molar-refractivity contribution in [3.05, 3.63) is 110 Å². The van der Waals surface area contributed by atoms with Crippen molar-refractivity contribution in [2.75, 3.05) is 18.9 Å². The molecule has 2 aromatic carbocycles. The van der Waals surface area contributed by atoms with Gasteiger partial charge in [-0.3, -0.25) is 37.0 Å². The smallest absolute Gasteiger partial charge is 0.423 e. The molecule has 4 N–H and O–H groups in total. The second-order valence-electron chi connectivity index (χ2n) is 13.9. The second-order valence-corrected chi connectivity index (χ2v) is 19.3. The molecule has 3 aliphatic rings. The Labute approximate surface area is 341 Å². The lowest BCUT2D eigenvalue weighted by atomic mass is 10.1. The summed E-state index contributed by atoms with van der Waals surface area (Å²) >= 11 is 0.576. The number of aromatic amines is 1. The lowest BCUT2D eigenvalue weighted by Crippen LogP contribution is -2.36. The first-order valence-corrected chi connectivity index (χ1v) is 22.7. The Balaban J connectivity index is 1.08. The third kappa shape index (κ3) is 8.60. The molecule has 3 aliphatic heterocycles. The lowest BCUT2D eigenvalue weighted by Gasteiger charge is -2.27. The predicted molar refractivity (Wildman–Crippen MR) is 206 cm³/mol. The molecule has 0 radical (unpaired) electrons. The van der Waals surface area contributed by atoms with Gasteiger partial charge in [-0.1, -0.05) is 29.8 Å². The summed E-state index contributed by atoms with van der Waals surface area (Å²) in [7, 11) is -5.27. The number of phosphoric ester groups is 1. The number of fused-ring (bicyclic) bond motifs is 4. The van der Waals surface area contributed by atoms with E-state index in [4.69, 9.17) is 38.0 Å². The van der Waals surface area contributed by atoms with Crippen molar-refractivity contribution in [1.82, 2.24) is 29.1 Å². The fourth-order valence-corrected chi connectivity index (χ4v) is 11.1. The highest BCUT2D eigenvalue weighted by Crippen LogP contribution is 2.64. The van der Waals surface area contributed by atoms with E-state index in [0.29, 0.717) is 27.1 Å². The number of halogens is 2. The van der Waals surface area contributed by atoms with Gasteiger partial charge in [-0.25, -0.2) is 42.5 Å². The van der Waals surface area contributed by atoms with Crippen LogP contribution in [0.15, 0.2) is 77.0 Å². The van der Waals surface area contributed by atoms with Crippen LogP contribution in [0.3, 0.4) is 0 Å². The van der Waals surface area contributed by atoms with Crippen molar-refractivity contribution in [1.29, 1.82) is 0 Å². The minimum atomic E-state index is -5.27. The summed E-state index contributed by atoms with van der Waals surface area (Å²) in [5.41, 5.74) is 6.85. The van der Waals surface area contributed by atoms with Gasteiger partial charge in [-0.05, 0) is 54.6 Å². The van der Waals surface area contributed by atoms with Crippen LogP contribution in [-0.2, 0) is 42.5 Å². The number of ether oxygens (including phenoxy) is 3. The fraction of sp³-hybridized carbons (Fsp3) is 0.371. The third-order valence-electron chi connectivity index (χ3n) is 9.75. The molecule has 10 atom stereocenters. The Morgan fingerprint density at radius 2 is 1.70 bits per heavy atom. The summed E-state index contributed by atoms with van der Waals surface area (Å²) in [6.07, 6.45) is -11.8. The van der Waals surface area contributed by atoms with Crippen molar-refractivity contribution >= 4 is 49.0 Å². The van der Waals surface area contributed by atoms with Crippen molar-refractivity contribution < 1.29 is 59.9 Å². The quantitative estimate of drug-likeness (QED) is 0.117. The zero-order valence-corrected chi connectivity index (χ0v) is 33.9. The van der Waals surface area contributed by atoms with Gasteiger partial charge in [0.25, 0.3) is 5.56 Å². The number of nitrogen functional groups attached to an aromatic ring is 1. The number of benzene rings is 2. The topological polar surface area (TPSA) is 261 Å². The fourth-order valence-electron chi connectivity index (χ4n) is 6.80. The molecule has 3 aromatic heterocycles. The van der Waals surface area contributed by atoms with Gasteiger partial charge in [0.15, 0.2) is 36.3 Å². The number of carbonyl (C=O) groups excluding carboxylic acids is 1. The summed E-state index contributed by atoms with van der Waals surface area (Å²) in [5.74, 6) is -0.502. The maximum atomic E-state index is 16.4. The molecule has 318 valence electrons. The number of phosphoric acid groups is 1. The number of esters is 1. The average Bonchev–Trinajstić information content (AvgIpc) is 3.86. The number of alkyl halides is 2. The van der Waals surface area contributed by atoms with E-state index in [0.717, 1.165) is 29.7 Å². The SMILES string of the molecule is Cc1ccc(C(=O)Oc2ccc(CS[P@@]3(=O)OC[C@H]4O[C@@H](n5cnc6c(N)ncnc65)[C@H](OP(=O)(O)OC[C@H]5O[C@@H](n6ccc(=O)[nH]c6=O)[C@H](F)[C@@H]5O3)[C@@H]4F)cc2)c(C)c1. The van der Waals surface area contributed by atoms with Crippen LogP contribution < -0.4 is 21.7 Å². The molecule has 0 saturated carbocycles. The molecule has 0 aliphatic carbocycles. The number of nitrogens with zero attached hydrogens (tertiary/aromatic N) is 5. The van der Waals surface area contributed by atoms with Gasteiger partial charge in [0, 0.05) is 18.0 Å². The van der Waals surface area contributed by atoms with Crippen molar-refractivity contribution in [3.8, 4) is 5.75 Å². The molecule has 5 aromatic rings. The Morgan fingerprint density at radius 1 is 0.950 bits per heavy atom. The standard InChI is InChI=1S/C35H35F2N7O13P2S/c1-17-3-8-21(18(2)11-17)34(46)53-20-6-4-19(5-7-20)14-60-59(50)52-12-22-25(36)29(33(54-22)44-16-41-27-30(38)39-15-40-31(27)44)56-58(48,49)51-13-23-28(57-59)26(37)32(55-23)43-10-9-24(45)42-35(43)47/h3-11,15-16,22-23,25-26,28-29,32-33H,12-14H2,1-2H3,(H,48,49)(H2,38,39,40)(H,42,45,47)/t22-,23-,25-,26-,28-,29-,32-,33-,59+/m1/s1. The van der Waals surface area contributed by atoms with E-state index in [2.05, 4.69) is 15.0 Å². The van der Waals surface area contributed by atoms with Crippen molar-refractivity contribution in [3.63, 3.8) is 0 Å². The molecule has 0 spiro atoms. The normalized spacial score (nSPS) is 30.9. The zero-order valence-electron chi connectivity index (χ0n) is 31.3. The number of hydrogen-bond donors (Lipinski definition) is 3. The third-order valence-corrected chi connectivity index (χ3v) is 14.4. The van der Waals surface area contributed by atoms with Crippen LogP contribution in [0.4, 0.5) is 14.6 Å². The Bertz CT molecular complexity index is 2650. The number of carbonyl (C=O) groups is 1. The van der Waals surface area contributed by atoms with Gasteiger partial charge in [-0.2, -0.15) is 0 Å². The van der Waals surface area contributed by atoms with Gasteiger partial charge in [0.05, 0.1) is 25.1 Å². The van der Waals surface area contributed by atoms with Crippen molar-refractivity contribution in [2.24, 2.45) is 0 Å². The predicted octanol–water partition coefficient (Wildman–Crippen LogP) is 4.22. The van der Waals surface area contributed by atoms with Gasteiger partial charge < -0.3 is 24.8 Å². The number of H-pyrrole nitrogens is 1. The largest absolute Gasteiger partial charge is 0.472 e. The zero-order chi connectivity index (χ0) is 42.5. The molecule has 3 saturated heterocycles. The van der Waals surface area contributed by atoms with Crippen LogP contribution in [0.1, 0.15) is 39.5 Å². The Kier molecular flexibility index (Phi) is 11.7. The summed E-state index contributed by atoms with van der Waals surface area (Å²) in [5, 5.41) is 0. The highest BCUT2D eigenvalue weighted by atomic mass is 32.7. The maximum Gasteiger partial charge on any atom is 0.472 e. The van der Waals surface area contributed by atoms with Gasteiger partial charge in [-0.15, -0.1) is 0 Å². The highest BCUT2D eigenvalue weighted by Gasteiger charge is 2.55. The second kappa shape index (κ2) is 16.7. The summed E-state index contributed by atoms with van der Waals surface area (Å²) in [4.78, 5) is 62.2. The molecule has 0 amide bonds. The van der Waals surface area contributed by atoms with Gasteiger partial charge in [0.1, 0.15) is 42.0 Å². The first-order valence-electron chi connectivity index (χ1n) is 18.0. The maximum absolute atomic E-state index is 16.4. The number of anilines is 1. The van der Waals surface area contributed by atoms with Gasteiger partial charge in [0.2, 0.25) is 0 Å². The Morgan fingerprint density at radius 3 is 2.45 bits per heavy atom. The number of rotatable bonds is 7. The van der Waals surface area contributed by atoms with E-state index in [1.54, 1.807) is 31.2 Å². The van der Waals surface area contributed by atoms with Crippen LogP contribution in [0, 0.1) is 13.8 Å². The first-order chi connectivity index (χ1) is 28.6. The first kappa shape index (κ1) is 42.0. The molecule has 20 nitrogen and oxygen atoms in total.